The first-order chi connectivity index (χ1) is 10.2. The second-order valence-corrected chi connectivity index (χ2v) is 6.27. The van der Waals surface area contributed by atoms with Crippen molar-refractivity contribution in [3.8, 4) is 0 Å². The molecular weight excluding hydrogens is 266 g/mol. The number of piperidine rings is 1. The largest absolute Gasteiger partial charge is 0.352 e. The number of likely N-dealkylation sites (tertiary alicyclic amines) is 1. The molecule has 2 heterocycles. The fourth-order valence-corrected chi connectivity index (χ4v) is 3.35. The molecule has 2 N–H and O–H groups in total. The summed E-state index contributed by atoms with van der Waals surface area (Å²) in [6.07, 6.45) is 5.62. The van der Waals surface area contributed by atoms with E-state index in [2.05, 4.69) is 24.5 Å². The topological polar surface area (TPSA) is 61.4 Å². The maximum Gasteiger partial charge on any atom is 0.237 e. The summed E-state index contributed by atoms with van der Waals surface area (Å²) in [6, 6.07) is 0.222. The van der Waals surface area contributed by atoms with Crippen LogP contribution in [0.3, 0.4) is 0 Å². The Hall–Kier alpha value is -1.10. The quantitative estimate of drug-likeness (QED) is 0.803. The van der Waals surface area contributed by atoms with Gasteiger partial charge in [-0.05, 0) is 45.1 Å². The molecule has 2 rings (SSSR count). The standard InChI is InChI=1S/C16H29N3O2/c1-3-12(4-2)16(21)19-10-7-13(8-11-19)18-15(20)14-6-5-9-17-14/h12-14,17H,3-11H2,1-2H3,(H,18,20). The van der Waals surface area contributed by atoms with E-state index in [1.54, 1.807) is 0 Å². The van der Waals surface area contributed by atoms with Crippen LogP contribution in [0.4, 0.5) is 0 Å². The third kappa shape index (κ3) is 4.19. The number of carbonyl (C=O) groups excluding carboxylic acids is 2. The maximum absolute atomic E-state index is 12.3. The molecule has 2 saturated heterocycles. The van der Waals surface area contributed by atoms with E-state index in [0.29, 0.717) is 5.91 Å². The van der Waals surface area contributed by atoms with Gasteiger partial charge in [-0.25, -0.2) is 0 Å². The molecule has 2 aliphatic rings. The van der Waals surface area contributed by atoms with Gasteiger partial charge in [0.2, 0.25) is 11.8 Å². The average molecular weight is 295 g/mol. The van der Waals surface area contributed by atoms with Crippen molar-refractivity contribution in [2.45, 2.75) is 64.5 Å². The van der Waals surface area contributed by atoms with E-state index in [9.17, 15) is 9.59 Å². The van der Waals surface area contributed by atoms with E-state index in [-0.39, 0.29) is 23.9 Å². The molecule has 2 aliphatic heterocycles. The lowest BCUT2D eigenvalue weighted by atomic mass is 9.98. The van der Waals surface area contributed by atoms with E-state index >= 15 is 0 Å². The van der Waals surface area contributed by atoms with Crippen LogP contribution in [0.1, 0.15) is 52.4 Å². The summed E-state index contributed by atoms with van der Waals surface area (Å²) in [6.45, 7) is 6.65. The normalized spacial score (nSPS) is 23.6. The Morgan fingerprint density at radius 2 is 1.86 bits per heavy atom. The molecule has 0 aromatic heterocycles. The van der Waals surface area contributed by atoms with Crippen molar-refractivity contribution in [1.82, 2.24) is 15.5 Å². The average Bonchev–Trinajstić information content (AvgIpc) is 3.03. The van der Waals surface area contributed by atoms with Crippen LogP contribution in [-0.4, -0.2) is 48.4 Å². The zero-order valence-electron chi connectivity index (χ0n) is 13.4. The first-order valence-electron chi connectivity index (χ1n) is 8.48. The minimum atomic E-state index is -0.00535. The molecule has 21 heavy (non-hydrogen) atoms. The van der Waals surface area contributed by atoms with Crippen molar-refractivity contribution >= 4 is 11.8 Å². The lowest BCUT2D eigenvalue weighted by molar-refractivity contribution is -0.137. The zero-order chi connectivity index (χ0) is 15.2. The molecule has 0 spiro atoms. The maximum atomic E-state index is 12.3. The Morgan fingerprint density at radius 1 is 1.19 bits per heavy atom. The second kappa shape index (κ2) is 7.78. The SMILES string of the molecule is CCC(CC)C(=O)N1CCC(NC(=O)C2CCCN2)CC1. The van der Waals surface area contributed by atoms with Crippen molar-refractivity contribution < 1.29 is 9.59 Å². The molecule has 5 heteroatoms. The smallest absolute Gasteiger partial charge is 0.237 e. The van der Waals surface area contributed by atoms with Gasteiger partial charge in [-0.2, -0.15) is 0 Å². The Bertz CT molecular complexity index is 355. The Morgan fingerprint density at radius 3 is 2.38 bits per heavy atom. The highest BCUT2D eigenvalue weighted by atomic mass is 16.2. The van der Waals surface area contributed by atoms with Crippen LogP contribution in [0.25, 0.3) is 0 Å². The fraction of sp³-hybridized carbons (Fsp3) is 0.875. The highest BCUT2D eigenvalue weighted by Gasteiger charge is 2.29. The van der Waals surface area contributed by atoms with E-state index in [1.165, 1.54) is 0 Å². The fourth-order valence-electron chi connectivity index (χ4n) is 3.35. The van der Waals surface area contributed by atoms with Gasteiger partial charge in [0.1, 0.15) is 0 Å². The molecule has 5 nitrogen and oxygen atoms in total. The van der Waals surface area contributed by atoms with Crippen molar-refractivity contribution in [2.75, 3.05) is 19.6 Å². The van der Waals surface area contributed by atoms with Gasteiger partial charge in [-0.3, -0.25) is 9.59 Å². The molecule has 120 valence electrons. The number of hydrogen-bond donors (Lipinski definition) is 2. The Labute approximate surface area is 127 Å². The highest BCUT2D eigenvalue weighted by Crippen LogP contribution is 2.17. The Balaban J connectivity index is 1.75. The molecule has 0 radical (unpaired) electrons. The molecular formula is C16H29N3O2. The number of nitrogens with one attached hydrogen (secondary N) is 2. The van der Waals surface area contributed by atoms with Crippen LogP contribution in [-0.2, 0) is 9.59 Å². The Kier molecular flexibility index (Phi) is 6.03. The first-order valence-corrected chi connectivity index (χ1v) is 8.48. The molecule has 2 fully saturated rings. The zero-order valence-corrected chi connectivity index (χ0v) is 13.4. The van der Waals surface area contributed by atoms with Crippen molar-refractivity contribution in [2.24, 2.45) is 5.92 Å². The van der Waals surface area contributed by atoms with Crippen molar-refractivity contribution in [1.29, 1.82) is 0 Å². The van der Waals surface area contributed by atoms with Gasteiger partial charge in [0.25, 0.3) is 0 Å². The molecule has 0 saturated carbocycles. The van der Waals surface area contributed by atoms with Gasteiger partial charge in [0.05, 0.1) is 6.04 Å². The molecule has 0 bridgehead atoms. The van der Waals surface area contributed by atoms with Crippen molar-refractivity contribution in [3.05, 3.63) is 0 Å². The van der Waals surface area contributed by atoms with Crippen LogP contribution >= 0.6 is 0 Å². The highest BCUT2D eigenvalue weighted by molar-refractivity contribution is 5.82. The summed E-state index contributed by atoms with van der Waals surface area (Å²) in [7, 11) is 0. The van der Waals surface area contributed by atoms with Crippen LogP contribution in [0.15, 0.2) is 0 Å². The molecule has 2 amide bonds. The van der Waals surface area contributed by atoms with Gasteiger partial charge in [-0.1, -0.05) is 13.8 Å². The van der Waals surface area contributed by atoms with E-state index < -0.39 is 0 Å². The lowest BCUT2D eigenvalue weighted by Gasteiger charge is -2.34. The molecule has 0 aromatic rings. The molecule has 0 aromatic carbocycles. The van der Waals surface area contributed by atoms with Gasteiger partial charge in [0.15, 0.2) is 0 Å². The minimum absolute atomic E-state index is 0.00535. The van der Waals surface area contributed by atoms with Gasteiger partial charge in [-0.15, -0.1) is 0 Å². The second-order valence-electron chi connectivity index (χ2n) is 6.27. The number of hydrogen-bond acceptors (Lipinski definition) is 3. The summed E-state index contributed by atoms with van der Waals surface area (Å²) in [4.78, 5) is 26.4. The van der Waals surface area contributed by atoms with E-state index in [4.69, 9.17) is 0 Å². The summed E-state index contributed by atoms with van der Waals surface area (Å²) in [5.74, 6) is 0.596. The molecule has 0 aliphatic carbocycles. The third-order valence-electron chi connectivity index (χ3n) is 4.86. The lowest BCUT2D eigenvalue weighted by Crippen LogP contribution is -2.51. The molecule has 1 unspecified atom stereocenters. The predicted octanol–water partition coefficient (Wildman–Crippen LogP) is 1.28. The van der Waals surface area contributed by atoms with E-state index in [1.807, 2.05) is 4.90 Å². The van der Waals surface area contributed by atoms with Crippen LogP contribution < -0.4 is 10.6 Å². The minimum Gasteiger partial charge on any atom is -0.352 e. The van der Waals surface area contributed by atoms with E-state index in [0.717, 1.165) is 58.2 Å². The number of nitrogens with zero attached hydrogens (tertiary/aromatic N) is 1. The predicted molar refractivity (Wildman–Crippen MR) is 82.8 cm³/mol. The van der Waals surface area contributed by atoms with Gasteiger partial charge in [0, 0.05) is 25.0 Å². The summed E-state index contributed by atoms with van der Waals surface area (Å²) in [5.41, 5.74) is 0. The third-order valence-corrected chi connectivity index (χ3v) is 4.86. The summed E-state index contributed by atoms with van der Waals surface area (Å²) < 4.78 is 0. The summed E-state index contributed by atoms with van der Waals surface area (Å²) in [5, 5.41) is 6.36. The van der Waals surface area contributed by atoms with Crippen LogP contribution in [0.2, 0.25) is 0 Å². The van der Waals surface area contributed by atoms with Gasteiger partial charge >= 0.3 is 0 Å². The first kappa shape index (κ1) is 16.3. The van der Waals surface area contributed by atoms with Gasteiger partial charge < -0.3 is 15.5 Å². The number of carbonyl (C=O) groups is 2. The monoisotopic (exact) mass is 295 g/mol. The summed E-state index contributed by atoms with van der Waals surface area (Å²) >= 11 is 0. The number of amides is 2. The number of rotatable bonds is 5. The van der Waals surface area contributed by atoms with Crippen molar-refractivity contribution in [3.63, 3.8) is 0 Å². The van der Waals surface area contributed by atoms with Crippen LogP contribution in [0.5, 0.6) is 0 Å². The molecule has 1 atom stereocenters. The van der Waals surface area contributed by atoms with Crippen LogP contribution in [0, 0.1) is 5.92 Å².